The number of aromatic nitrogens is 3. The Bertz CT molecular complexity index is 891. The van der Waals surface area contributed by atoms with Crippen molar-refractivity contribution in [2.24, 2.45) is 0 Å². The average molecular weight is 333 g/mol. The van der Waals surface area contributed by atoms with Gasteiger partial charge >= 0.3 is 6.36 Å². The third-order valence-corrected chi connectivity index (χ3v) is 3.18. The van der Waals surface area contributed by atoms with Gasteiger partial charge in [-0.3, -0.25) is 9.36 Å². The Morgan fingerprint density at radius 2 is 1.67 bits per heavy atom. The van der Waals surface area contributed by atoms with Crippen molar-refractivity contribution in [1.29, 1.82) is 0 Å². The predicted octanol–water partition coefficient (Wildman–Crippen LogP) is 3.19. The van der Waals surface area contributed by atoms with E-state index >= 15 is 0 Å². The molecule has 1 aromatic carbocycles. The predicted molar refractivity (Wildman–Crippen MR) is 79.7 cm³/mol. The summed E-state index contributed by atoms with van der Waals surface area (Å²) in [5.41, 5.74) is 1.58. The van der Waals surface area contributed by atoms with Crippen molar-refractivity contribution in [1.82, 2.24) is 14.8 Å². The zero-order valence-electron chi connectivity index (χ0n) is 12.1. The lowest BCUT2D eigenvalue weighted by molar-refractivity contribution is -0.274. The van der Waals surface area contributed by atoms with E-state index in [-0.39, 0.29) is 11.3 Å². The highest BCUT2D eigenvalue weighted by atomic mass is 19.4. The first-order valence-electron chi connectivity index (χ1n) is 6.78. The van der Waals surface area contributed by atoms with Crippen molar-refractivity contribution in [3.8, 4) is 22.6 Å². The van der Waals surface area contributed by atoms with Gasteiger partial charge in [0.1, 0.15) is 5.75 Å². The summed E-state index contributed by atoms with van der Waals surface area (Å²) in [5.74, 6) is -0.353. The molecule has 0 fully saturated rings. The van der Waals surface area contributed by atoms with Gasteiger partial charge in [0.25, 0.3) is 5.56 Å². The Kier molecular flexibility index (Phi) is 4.03. The van der Waals surface area contributed by atoms with Crippen LogP contribution in [0.4, 0.5) is 13.2 Å². The fraction of sp³-hybridized carbons (Fsp3) is 0.0625. The SMILES string of the molecule is O=c1ccc(-c2ccnnc2)cn1-c1ccc(OC(F)(F)F)cc1. The van der Waals surface area contributed by atoms with Crippen LogP contribution in [-0.4, -0.2) is 21.1 Å². The summed E-state index contributed by atoms with van der Waals surface area (Å²) in [6.07, 6.45) is -0.107. The first-order valence-corrected chi connectivity index (χ1v) is 6.78. The topological polar surface area (TPSA) is 57.0 Å². The van der Waals surface area contributed by atoms with E-state index in [0.717, 1.165) is 23.3 Å². The quantitative estimate of drug-likeness (QED) is 0.739. The molecular weight excluding hydrogens is 323 g/mol. The molecule has 0 amide bonds. The van der Waals surface area contributed by atoms with Crippen LogP contribution in [0.3, 0.4) is 0 Å². The number of nitrogens with zero attached hydrogens (tertiary/aromatic N) is 3. The standard InChI is InChI=1S/C16H10F3N3O2/c17-16(18,19)24-14-4-2-13(3-5-14)22-10-12(1-6-15(22)23)11-7-8-20-21-9-11/h1-10H. The molecule has 8 heteroatoms. The smallest absolute Gasteiger partial charge is 0.406 e. The molecule has 0 radical (unpaired) electrons. The molecule has 3 rings (SSSR count). The third-order valence-electron chi connectivity index (χ3n) is 3.18. The van der Waals surface area contributed by atoms with Gasteiger partial charge in [-0.2, -0.15) is 10.2 Å². The van der Waals surface area contributed by atoms with Crippen LogP contribution in [0.2, 0.25) is 0 Å². The van der Waals surface area contributed by atoms with Gasteiger partial charge in [-0.15, -0.1) is 13.2 Å². The molecule has 0 aliphatic heterocycles. The number of benzene rings is 1. The van der Waals surface area contributed by atoms with E-state index in [0.29, 0.717) is 5.69 Å². The van der Waals surface area contributed by atoms with Crippen molar-refractivity contribution < 1.29 is 17.9 Å². The molecule has 2 aromatic heterocycles. The highest BCUT2D eigenvalue weighted by Crippen LogP contribution is 2.24. The summed E-state index contributed by atoms with van der Waals surface area (Å²) in [4.78, 5) is 12.0. The molecule has 24 heavy (non-hydrogen) atoms. The maximum absolute atomic E-state index is 12.2. The molecule has 122 valence electrons. The first-order chi connectivity index (χ1) is 11.4. The molecule has 0 saturated heterocycles. The van der Waals surface area contributed by atoms with Crippen LogP contribution in [0.15, 0.2) is 65.8 Å². The Balaban J connectivity index is 1.96. The number of hydrogen-bond acceptors (Lipinski definition) is 4. The monoisotopic (exact) mass is 333 g/mol. The van der Waals surface area contributed by atoms with Crippen LogP contribution in [0.1, 0.15) is 0 Å². The minimum atomic E-state index is -4.76. The van der Waals surface area contributed by atoms with E-state index in [1.807, 2.05) is 0 Å². The molecule has 0 bridgehead atoms. The van der Waals surface area contributed by atoms with Gasteiger partial charge in [-0.1, -0.05) is 0 Å². The maximum atomic E-state index is 12.2. The number of pyridine rings is 1. The molecular formula is C16H10F3N3O2. The van der Waals surface area contributed by atoms with Crippen LogP contribution >= 0.6 is 0 Å². The minimum absolute atomic E-state index is 0.315. The summed E-state index contributed by atoms with van der Waals surface area (Å²) in [5, 5.41) is 7.45. The van der Waals surface area contributed by atoms with E-state index < -0.39 is 6.36 Å². The molecule has 0 atom stereocenters. The normalized spacial score (nSPS) is 11.3. The molecule has 3 aromatic rings. The Morgan fingerprint density at radius 3 is 2.29 bits per heavy atom. The number of alkyl halides is 3. The van der Waals surface area contributed by atoms with E-state index in [1.54, 1.807) is 24.5 Å². The van der Waals surface area contributed by atoms with E-state index in [1.165, 1.54) is 29.0 Å². The summed E-state index contributed by atoms with van der Waals surface area (Å²) < 4.78 is 41.7. The van der Waals surface area contributed by atoms with Crippen LogP contribution in [0.25, 0.3) is 16.8 Å². The van der Waals surface area contributed by atoms with E-state index in [9.17, 15) is 18.0 Å². The zero-order chi connectivity index (χ0) is 17.2. The summed E-state index contributed by atoms with van der Waals surface area (Å²) in [6.45, 7) is 0. The fourth-order valence-corrected chi connectivity index (χ4v) is 2.13. The lowest BCUT2D eigenvalue weighted by atomic mass is 10.1. The third kappa shape index (κ3) is 3.60. The number of rotatable bonds is 3. The largest absolute Gasteiger partial charge is 0.573 e. The van der Waals surface area contributed by atoms with Gasteiger partial charge in [0.05, 0.1) is 12.4 Å². The van der Waals surface area contributed by atoms with Gasteiger partial charge in [0, 0.05) is 29.1 Å². The Morgan fingerprint density at radius 1 is 0.917 bits per heavy atom. The van der Waals surface area contributed by atoms with Gasteiger partial charge < -0.3 is 4.74 Å². The van der Waals surface area contributed by atoms with Crippen molar-refractivity contribution in [2.45, 2.75) is 6.36 Å². The lowest BCUT2D eigenvalue weighted by Gasteiger charge is -2.11. The van der Waals surface area contributed by atoms with Crippen LogP contribution in [-0.2, 0) is 0 Å². The summed E-state index contributed by atoms with van der Waals surface area (Å²) >= 11 is 0. The van der Waals surface area contributed by atoms with Gasteiger partial charge in [0.15, 0.2) is 0 Å². The minimum Gasteiger partial charge on any atom is -0.406 e. The molecule has 0 aliphatic carbocycles. The van der Waals surface area contributed by atoms with Crippen molar-refractivity contribution >= 4 is 0 Å². The lowest BCUT2D eigenvalue weighted by Crippen LogP contribution is -2.18. The summed E-state index contributed by atoms with van der Waals surface area (Å²) in [6, 6.07) is 9.78. The molecule has 0 saturated carbocycles. The molecule has 5 nitrogen and oxygen atoms in total. The second kappa shape index (κ2) is 6.15. The second-order valence-electron chi connectivity index (χ2n) is 4.80. The van der Waals surface area contributed by atoms with E-state index in [2.05, 4.69) is 14.9 Å². The molecule has 0 spiro atoms. The molecule has 0 N–H and O–H groups in total. The van der Waals surface area contributed by atoms with Crippen molar-refractivity contribution in [3.05, 3.63) is 71.4 Å². The Hall–Kier alpha value is -3.16. The Labute approximate surface area is 134 Å². The second-order valence-corrected chi connectivity index (χ2v) is 4.80. The van der Waals surface area contributed by atoms with Crippen LogP contribution in [0.5, 0.6) is 5.75 Å². The van der Waals surface area contributed by atoms with Gasteiger partial charge in [-0.25, -0.2) is 0 Å². The number of hydrogen-bond donors (Lipinski definition) is 0. The number of halogens is 3. The van der Waals surface area contributed by atoms with Gasteiger partial charge in [-0.05, 0) is 36.4 Å². The van der Waals surface area contributed by atoms with Crippen LogP contribution in [0, 0.1) is 0 Å². The van der Waals surface area contributed by atoms with Crippen LogP contribution < -0.4 is 10.3 Å². The zero-order valence-corrected chi connectivity index (χ0v) is 12.1. The average Bonchev–Trinajstić information content (AvgIpc) is 2.56. The molecule has 0 unspecified atom stereocenters. The van der Waals surface area contributed by atoms with Gasteiger partial charge in [0.2, 0.25) is 0 Å². The maximum Gasteiger partial charge on any atom is 0.573 e. The molecule has 2 heterocycles. The fourth-order valence-electron chi connectivity index (χ4n) is 2.13. The van der Waals surface area contributed by atoms with Crippen molar-refractivity contribution in [3.63, 3.8) is 0 Å². The number of ether oxygens (including phenoxy) is 1. The van der Waals surface area contributed by atoms with Crippen molar-refractivity contribution in [2.75, 3.05) is 0 Å². The summed E-state index contributed by atoms with van der Waals surface area (Å²) in [7, 11) is 0. The highest BCUT2D eigenvalue weighted by Gasteiger charge is 2.30. The highest BCUT2D eigenvalue weighted by molar-refractivity contribution is 5.61. The van der Waals surface area contributed by atoms with E-state index in [4.69, 9.17) is 0 Å². The first kappa shape index (κ1) is 15.7. The molecule has 0 aliphatic rings.